The van der Waals surface area contributed by atoms with Gasteiger partial charge in [-0.25, -0.2) is 0 Å². The molecule has 0 saturated carbocycles. The Labute approximate surface area is 168 Å². The molecule has 1 aromatic carbocycles. The Balaban J connectivity index is 1.88. The SMILES string of the molecule is CCc1ccc2c(n1)C[C@@H](C)[C@]1(Oc3c(Cl)c(OC)cc(OC)c3C1=O)C2O. The van der Waals surface area contributed by atoms with E-state index in [0.717, 1.165) is 17.8 Å². The average molecular weight is 404 g/mol. The first kappa shape index (κ1) is 19.0. The van der Waals surface area contributed by atoms with Crippen LogP contribution in [0.5, 0.6) is 17.2 Å². The van der Waals surface area contributed by atoms with Gasteiger partial charge >= 0.3 is 0 Å². The summed E-state index contributed by atoms with van der Waals surface area (Å²) >= 11 is 6.43. The molecule has 1 aliphatic heterocycles. The van der Waals surface area contributed by atoms with E-state index in [0.29, 0.717) is 23.5 Å². The summed E-state index contributed by atoms with van der Waals surface area (Å²) in [6.45, 7) is 3.91. The molecule has 1 unspecified atom stereocenters. The molecule has 1 aromatic heterocycles. The van der Waals surface area contributed by atoms with Crippen molar-refractivity contribution in [3.8, 4) is 17.2 Å². The molecule has 6 nitrogen and oxygen atoms in total. The second kappa shape index (κ2) is 6.64. The molecule has 0 fully saturated rings. The number of Topliss-reactive ketones (excluding diaryl/α,β-unsaturated/α-hetero) is 1. The van der Waals surface area contributed by atoms with Crippen molar-refractivity contribution in [1.82, 2.24) is 4.98 Å². The Hall–Kier alpha value is -2.31. The highest BCUT2D eigenvalue weighted by molar-refractivity contribution is 6.35. The maximum Gasteiger partial charge on any atom is 0.217 e. The van der Waals surface area contributed by atoms with Crippen LogP contribution in [0.1, 0.15) is 47.3 Å². The fourth-order valence-electron chi connectivity index (χ4n) is 4.23. The predicted molar refractivity (Wildman–Crippen MR) is 104 cm³/mol. The highest BCUT2D eigenvalue weighted by atomic mass is 35.5. The zero-order chi connectivity index (χ0) is 20.2. The molecule has 148 valence electrons. The zero-order valence-electron chi connectivity index (χ0n) is 16.2. The summed E-state index contributed by atoms with van der Waals surface area (Å²) < 4.78 is 16.9. The molecule has 1 aliphatic carbocycles. The Kier molecular flexibility index (Phi) is 4.51. The lowest BCUT2D eigenvalue weighted by atomic mass is 9.70. The van der Waals surface area contributed by atoms with Crippen molar-refractivity contribution in [2.24, 2.45) is 5.92 Å². The average Bonchev–Trinajstić information content (AvgIpc) is 3.01. The number of aliphatic hydroxyl groups excluding tert-OH is 1. The molecule has 2 heterocycles. The van der Waals surface area contributed by atoms with E-state index in [9.17, 15) is 9.90 Å². The van der Waals surface area contributed by atoms with Gasteiger partial charge in [0.2, 0.25) is 11.4 Å². The molecule has 2 aliphatic rings. The maximum absolute atomic E-state index is 13.6. The highest BCUT2D eigenvalue weighted by Crippen LogP contribution is 2.56. The number of hydrogen-bond donors (Lipinski definition) is 1. The zero-order valence-corrected chi connectivity index (χ0v) is 17.0. The van der Waals surface area contributed by atoms with Crippen molar-refractivity contribution in [2.75, 3.05) is 14.2 Å². The number of carbonyl (C=O) groups is 1. The number of rotatable bonds is 3. The number of ketones is 1. The number of aliphatic hydroxyl groups is 1. The number of aryl methyl sites for hydroxylation is 1. The third-order valence-electron chi connectivity index (χ3n) is 5.81. The first-order valence-electron chi connectivity index (χ1n) is 9.24. The first-order chi connectivity index (χ1) is 13.4. The molecule has 0 saturated heterocycles. The van der Waals surface area contributed by atoms with E-state index in [4.69, 9.17) is 25.8 Å². The van der Waals surface area contributed by atoms with Gasteiger partial charge in [0, 0.05) is 28.9 Å². The van der Waals surface area contributed by atoms with Crippen molar-refractivity contribution in [2.45, 2.75) is 38.4 Å². The Morgan fingerprint density at radius 3 is 2.68 bits per heavy atom. The summed E-state index contributed by atoms with van der Waals surface area (Å²) in [6, 6.07) is 5.26. The number of benzene rings is 1. The summed E-state index contributed by atoms with van der Waals surface area (Å²) in [6.07, 6.45) is 0.143. The van der Waals surface area contributed by atoms with Gasteiger partial charge in [0.25, 0.3) is 0 Å². The first-order valence-corrected chi connectivity index (χ1v) is 9.61. The second-order valence-electron chi connectivity index (χ2n) is 7.22. The van der Waals surface area contributed by atoms with E-state index >= 15 is 0 Å². The standard InChI is InChI=1S/C21H22ClNO5/c1-5-11-6-7-12-13(23-11)8-10(2)21(19(12)24)20(25)16-14(26-3)9-15(27-4)17(22)18(16)28-21/h6-7,9-10,19,24H,5,8H2,1-4H3/t10-,19?,21+/m1/s1. The third-order valence-corrected chi connectivity index (χ3v) is 6.16. The van der Waals surface area contributed by atoms with Gasteiger partial charge in [-0.15, -0.1) is 0 Å². The summed E-state index contributed by atoms with van der Waals surface area (Å²) in [4.78, 5) is 18.2. The number of halogens is 1. The van der Waals surface area contributed by atoms with E-state index in [1.165, 1.54) is 14.2 Å². The van der Waals surface area contributed by atoms with E-state index in [-0.39, 0.29) is 28.0 Å². The lowest BCUT2D eigenvalue weighted by Crippen LogP contribution is -2.55. The molecule has 2 aromatic rings. The van der Waals surface area contributed by atoms with Crippen LogP contribution in [0, 0.1) is 5.92 Å². The van der Waals surface area contributed by atoms with Crippen LogP contribution < -0.4 is 14.2 Å². The molecule has 28 heavy (non-hydrogen) atoms. The number of aromatic nitrogens is 1. The van der Waals surface area contributed by atoms with Crippen LogP contribution >= 0.6 is 11.6 Å². The number of fused-ring (bicyclic) bond motifs is 2. The Morgan fingerprint density at radius 2 is 2.04 bits per heavy atom. The Morgan fingerprint density at radius 1 is 1.32 bits per heavy atom. The quantitative estimate of drug-likeness (QED) is 0.844. The minimum absolute atomic E-state index is 0.188. The topological polar surface area (TPSA) is 77.9 Å². The van der Waals surface area contributed by atoms with E-state index in [2.05, 4.69) is 4.98 Å². The lowest BCUT2D eigenvalue weighted by Gasteiger charge is -2.41. The van der Waals surface area contributed by atoms with Gasteiger partial charge in [-0.05, 0) is 18.9 Å². The molecule has 0 amide bonds. The van der Waals surface area contributed by atoms with Gasteiger partial charge in [-0.2, -0.15) is 0 Å². The van der Waals surface area contributed by atoms with Crippen molar-refractivity contribution >= 4 is 17.4 Å². The molecule has 4 rings (SSSR count). The molecular weight excluding hydrogens is 382 g/mol. The van der Waals surface area contributed by atoms with Crippen LogP contribution in [-0.2, 0) is 12.8 Å². The van der Waals surface area contributed by atoms with Crippen LogP contribution in [0.25, 0.3) is 0 Å². The molecule has 0 bridgehead atoms. The maximum atomic E-state index is 13.6. The smallest absolute Gasteiger partial charge is 0.217 e. The van der Waals surface area contributed by atoms with Crippen LogP contribution in [-0.4, -0.2) is 35.7 Å². The van der Waals surface area contributed by atoms with Crippen LogP contribution in [0.15, 0.2) is 18.2 Å². The summed E-state index contributed by atoms with van der Waals surface area (Å²) in [5, 5.41) is 11.5. The molecular formula is C21H22ClNO5. The van der Waals surface area contributed by atoms with E-state index in [1.54, 1.807) is 6.07 Å². The molecule has 0 radical (unpaired) electrons. The van der Waals surface area contributed by atoms with E-state index in [1.807, 2.05) is 26.0 Å². The highest BCUT2D eigenvalue weighted by Gasteiger charge is 2.61. The van der Waals surface area contributed by atoms with Crippen LogP contribution in [0.3, 0.4) is 0 Å². The van der Waals surface area contributed by atoms with Crippen LogP contribution in [0.2, 0.25) is 5.02 Å². The molecule has 3 atom stereocenters. The van der Waals surface area contributed by atoms with Crippen molar-refractivity contribution in [3.05, 3.63) is 45.7 Å². The number of methoxy groups -OCH3 is 2. The molecule has 1 N–H and O–H groups in total. The number of ether oxygens (including phenoxy) is 3. The van der Waals surface area contributed by atoms with Gasteiger partial charge in [0.1, 0.15) is 28.2 Å². The fraction of sp³-hybridized carbons (Fsp3) is 0.429. The van der Waals surface area contributed by atoms with Gasteiger partial charge in [0.15, 0.2) is 5.75 Å². The van der Waals surface area contributed by atoms with Crippen molar-refractivity contribution < 1.29 is 24.1 Å². The fourth-order valence-corrected chi connectivity index (χ4v) is 4.50. The number of carbonyl (C=O) groups excluding carboxylic acids is 1. The second-order valence-corrected chi connectivity index (χ2v) is 7.60. The lowest BCUT2D eigenvalue weighted by molar-refractivity contribution is -0.0642. The largest absolute Gasteiger partial charge is 0.496 e. The minimum atomic E-state index is -1.48. The van der Waals surface area contributed by atoms with Gasteiger partial charge in [-0.3, -0.25) is 9.78 Å². The minimum Gasteiger partial charge on any atom is -0.496 e. The van der Waals surface area contributed by atoms with Crippen molar-refractivity contribution in [1.29, 1.82) is 0 Å². The number of pyridine rings is 1. The predicted octanol–water partition coefficient (Wildman–Crippen LogP) is 3.55. The molecule has 7 heteroatoms. The van der Waals surface area contributed by atoms with Crippen LogP contribution in [0.4, 0.5) is 0 Å². The monoisotopic (exact) mass is 403 g/mol. The summed E-state index contributed by atoms with van der Waals surface area (Å²) in [7, 11) is 2.94. The Bertz CT molecular complexity index is 976. The van der Waals surface area contributed by atoms with Gasteiger partial charge in [0.05, 0.1) is 14.2 Å². The van der Waals surface area contributed by atoms with Gasteiger partial charge < -0.3 is 19.3 Å². The normalized spacial score (nSPS) is 25.3. The summed E-state index contributed by atoms with van der Waals surface area (Å²) in [5.41, 5.74) is 1.12. The molecule has 1 spiro atoms. The van der Waals surface area contributed by atoms with Crippen molar-refractivity contribution in [3.63, 3.8) is 0 Å². The summed E-state index contributed by atoms with van der Waals surface area (Å²) in [5.74, 6) is 0.184. The van der Waals surface area contributed by atoms with E-state index < -0.39 is 11.7 Å². The third kappa shape index (κ3) is 2.37. The number of nitrogens with zero attached hydrogens (tertiary/aromatic N) is 1. The number of hydrogen-bond acceptors (Lipinski definition) is 6. The van der Waals surface area contributed by atoms with Gasteiger partial charge in [-0.1, -0.05) is 31.5 Å².